The normalized spacial score (nSPS) is 21.8. The molecule has 0 bridgehead atoms. The zero-order chi connectivity index (χ0) is 23.8. The average molecular weight is 462 g/mol. The summed E-state index contributed by atoms with van der Waals surface area (Å²) in [6.45, 7) is 3.74. The lowest BCUT2D eigenvalue weighted by atomic mass is 9.75. The van der Waals surface area contributed by atoms with Gasteiger partial charge in [0.2, 0.25) is 0 Å². The molecule has 1 atom stereocenters. The van der Waals surface area contributed by atoms with Gasteiger partial charge in [-0.1, -0.05) is 24.5 Å². The lowest BCUT2D eigenvalue weighted by Crippen LogP contribution is -2.36. The number of hydrogen-bond donors (Lipinski definition) is 1. The molecule has 1 aliphatic heterocycles. The number of esters is 1. The van der Waals surface area contributed by atoms with E-state index in [-0.39, 0.29) is 17.3 Å². The van der Waals surface area contributed by atoms with E-state index in [2.05, 4.69) is 5.32 Å². The van der Waals surface area contributed by atoms with Crippen molar-refractivity contribution in [1.82, 2.24) is 5.32 Å². The molecule has 0 saturated heterocycles. The van der Waals surface area contributed by atoms with Gasteiger partial charge in [-0.3, -0.25) is 9.59 Å². The highest BCUT2D eigenvalue weighted by molar-refractivity contribution is 6.04. The SMILES string of the molecule is CC1=C(C(=O)OC2CCCCCC2)C(c2coc3ccc(C)cc3c2=O)C2=C(CCCC2=O)N1. The third kappa shape index (κ3) is 4.10. The molecule has 1 aromatic carbocycles. The molecule has 178 valence electrons. The van der Waals surface area contributed by atoms with Crippen molar-refractivity contribution in [2.45, 2.75) is 83.7 Å². The number of fused-ring (bicyclic) bond motifs is 1. The molecule has 3 aliphatic rings. The Hall–Kier alpha value is -3.15. The Morgan fingerprint density at radius 2 is 1.79 bits per heavy atom. The first-order valence-corrected chi connectivity index (χ1v) is 12.4. The fraction of sp³-hybridized carbons (Fsp3) is 0.464. The molecule has 6 nitrogen and oxygen atoms in total. The van der Waals surface area contributed by atoms with E-state index >= 15 is 0 Å². The molecule has 1 N–H and O–H groups in total. The molecule has 0 amide bonds. The Morgan fingerprint density at radius 1 is 1.03 bits per heavy atom. The van der Waals surface area contributed by atoms with Crippen LogP contribution in [-0.4, -0.2) is 17.9 Å². The van der Waals surface area contributed by atoms with Gasteiger partial charge in [0.05, 0.1) is 23.1 Å². The van der Waals surface area contributed by atoms with Crippen molar-refractivity contribution in [3.63, 3.8) is 0 Å². The molecule has 6 heteroatoms. The van der Waals surface area contributed by atoms with Gasteiger partial charge < -0.3 is 14.5 Å². The van der Waals surface area contributed by atoms with Gasteiger partial charge in [0.1, 0.15) is 11.7 Å². The number of benzene rings is 1. The van der Waals surface area contributed by atoms with E-state index in [1.54, 1.807) is 12.1 Å². The fourth-order valence-corrected chi connectivity index (χ4v) is 5.60. The Kier molecular flexibility index (Phi) is 6.15. The van der Waals surface area contributed by atoms with Gasteiger partial charge in [0, 0.05) is 29.0 Å². The Morgan fingerprint density at radius 3 is 2.56 bits per heavy atom. The van der Waals surface area contributed by atoms with Crippen molar-refractivity contribution in [1.29, 1.82) is 0 Å². The zero-order valence-electron chi connectivity index (χ0n) is 19.9. The van der Waals surface area contributed by atoms with Crippen LogP contribution in [0.15, 0.2) is 56.2 Å². The second-order valence-corrected chi connectivity index (χ2v) is 9.80. The van der Waals surface area contributed by atoms with Crippen molar-refractivity contribution in [3.05, 3.63) is 68.4 Å². The van der Waals surface area contributed by atoms with Crippen LogP contribution in [0.4, 0.5) is 0 Å². The van der Waals surface area contributed by atoms with E-state index in [1.165, 1.54) is 6.26 Å². The number of aryl methyl sites for hydroxylation is 1. The summed E-state index contributed by atoms with van der Waals surface area (Å²) in [4.78, 5) is 40.4. The highest BCUT2D eigenvalue weighted by Gasteiger charge is 2.41. The minimum absolute atomic E-state index is 0.0326. The minimum Gasteiger partial charge on any atom is -0.464 e. The van der Waals surface area contributed by atoms with Crippen LogP contribution in [0.2, 0.25) is 0 Å². The van der Waals surface area contributed by atoms with Crippen LogP contribution in [0.25, 0.3) is 11.0 Å². The molecule has 2 aliphatic carbocycles. The number of ether oxygens (including phenoxy) is 1. The van der Waals surface area contributed by atoms with Crippen molar-refractivity contribution in [2.75, 3.05) is 0 Å². The summed E-state index contributed by atoms with van der Waals surface area (Å²) in [6.07, 6.45) is 9.23. The maximum Gasteiger partial charge on any atom is 0.337 e. The Bertz CT molecular complexity index is 1270. The summed E-state index contributed by atoms with van der Waals surface area (Å²) in [5.74, 6) is -1.27. The number of rotatable bonds is 3. The molecule has 5 rings (SSSR count). The van der Waals surface area contributed by atoms with Gasteiger partial charge >= 0.3 is 5.97 Å². The number of dihydropyridines is 1. The lowest BCUT2D eigenvalue weighted by Gasteiger charge is -2.34. The molecule has 2 aromatic rings. The molecule has 34 heavy (non-hydrogen) atoms. The smallest absolute Gasteiger partial charge is 0.337 e. The summed E-state index contributed by atoms with van der Waals surface area (Å²) < 4.78 is 11.8. The van der Waals surface area contributed by atoms with Crippen LogP contribution in [0, 0.1) is 6.92 Å². The molecule has 0 radical (unpaired) electrons. The predicted molar refractivity (Wildman–Crippen MR) is 129 cm³/mol. The van der Waals surface area contributed by atoms with Gasteiger partial charge in [-0.25, -0.2) is 4.79 Å². The maximum atomic E-state index is 13.7. The second kappa shape index (κ2) is 9.24. The Labute approximate surface area is 199 Å². The van der Waals surface area contributed by atoms with Crippen molar-refractivity contribution >= 4 is 22.7 Å². The molecule has 2 heterocycles. The quantitative estimate of drug-likeness (QED) is 0.491. The van der Waals surface area contributed by atoms with Crippen molar-refractivity contribution in [3.8, 4) is 0 Å². The largest absolute Gasteiger partial charge is 0.464 e. The predicted octanol–water partition coefficient (Wildman–Crippen LogP) is 5.34. The monoisotopic (exact) mass is 461 g/mol. The van der Waals surface area contributed by atoms with Crippen LogP contribution in [0.3, 0.4) is 0 Å². The summed E-state index contributed by atoms with van der Waals surface area (Å²) in [7, 11) is 0. The molecular weight excluding hydrogens is 430 g/mol. The van der Waals surface area contributed by atoms with Gasteiger partial charge in [-0.05, 0) is 64.5 Å². The number of carbonyl (C=O) groups excluding carboxylic acids is 2. The summed E-state index contributed by atoms with van der Waals surface area (Å²) in [6, 6.07) is 5.46. The maximum absolute atomic E-state index is 13.7. The van der Waals surface area contributed by atoms with Gasteiger partial charge in [-0.2, -0.15) is 0 Å². The third-order valence-corrected chi connectivity index (χ3v) is 7.34. The first kappa shape index (κ1) is 22.6. The van der Waals surface area contributed by atoms with Crippen molar-refractivity contribution in [2.24, 2.45) is 0 Å². The average Bonchev–Trinajstić information content (AvgIpc) is 3.07. The number of allylic oxidation sites excluding steroid dienone is 3. The summed E-state index contributed by atoms with van der Waals surface area (Å²) >= 11 is 0. The Balaban J connectivity index is 1.63. The zero-order valence-corrected chi connectivity index (χ0v) is 19.9. The van der Waals surface area contributed by atoms with Gasteiger partial charge in [-0.15, -0.1) is 0 Å². The topological polar surface area (TPSA) is 85.6 Å². The van der Waals surface area contributed by atoms with E-state index in [0.29, 0.717) is 46.2 Å². The van der Waals surface area contributed by atoms with E-state index in [1.807, 2.05) is 19.9 Å². The molecule has 1 saturated carbocycles. The second-order valence-electron chi connectivity index (χ2n) is 9.80. The summed E-state index contributed by atoms with van der Waals surface area (Å²) in [5.41, 5.74) is 3.82. The van der Waals surface area contributed by atoms with Crippen molar-refractivity contribution < 1.29 is 18.7 Å². The fourth-order valence-electron chi connectivity index (χ4n) is 5.60. The lowest BCUT2D eigenvalue weighted by molar-refractivity contribution is -0.145. The summed E-state index contributed by atoms with van der Waals surface area (Å²) in [5, 5.41) is 3.75. The molecule has 1 fully saturated rings. The van der Waals surface area contributed by atoms with E-state index < -0.39 is 11.9 Å². The van der Waals surface area contributed by atoms with E-state index in [0.717, 1.165) is 56.2 Å². The third-order valence-electron chi connectivity index (χ3n) is 7.34. The number of nitrogens with one attached hydrogen (secondary N) is 1. The van der Waals surface area contributed by atoms with E-state index in [4.69, 9.17) is 9.15 Å². The van der Waals surface area contributed by atoms with Gasteiger partial charge in [0.15, 0.2) is 11.2 Å². The van der Waals surface area contributed by atoms with Gasteiger partial charge in [0.25, 0.3) is 0 Å². The van der Waals surface area contributed by atoms with Crippen LogP contribution in [0.1, 0.15) is 81.8 Å². The molecule has 0 spiro atoms. The first-order valence-electron chi connectivity index (χ1n) is 12.4. The number of ketones is 1. The highest BCUT2D eigenvalue weighted by atomic mass is 16.5. The van der Waals surface area contributed by atoms with E-state index in [9.17, 15) is 14.4 Å². The molecular formula is C28H31NO5. The van der Waals surface area contributed by atoms with Crippen LogP contribution >= 0.6 is 0 Å². The molecule has 1 aromatic heterocycles. The minimum atomic E-state index is -0.788. The number of hydrogen-bond acceptors (Lipinski definition) is 6. The van der Waals surface area contributed by atoms with Crippen LogP contribution in [-0.2, 0) is 14.3 Å². The molecule has 1 unspecified atom stereocenters. The first-order chi connectivity index (χ1) is 16.4. The number of Topliss-reactive ketones (excluding diaryl/α,β-unsaturated/α-hetero) is 1. The van der Waals surface area contributed by atoms with Crippen LogP contribution < -0.4 is 10.7 Å². The number of carbonyl (C=O) groups is 2. The van der Waals surface area contributed by atoms with Crippen LogP contribution in [0.5, 0.6) is 0 Å². The highest BCUT2D eigenvalue weighted by Crippen LogP contribution is 2.42. The standard InChI is InChI=1S/C28H31NO5/c1-16-12-13-23-19(14-16)27(31)20(15-33-23)25-24(28(32)34-18-8-5-3-4-6-9-18)17(2)29-21-10-7-11-22(30)26(21)25/h12-15,18,25,29H,3-11H2,1-2H3.